The summed E-state index contributed by atoms with van der Waals surface area (Å²) in [6, 6.07) is 11.9. The number of carboxylic acid groups (broad SMARTS) is 4. The normalized spacial score (nSPS) is 11.5. The molecular weight excluding hydrogens is 416 g/mol. The topological polar surface area (TPSA) is 149 Å². The molecule has 0 fully saturated rings. The van der Waals surface area contributed by atoms with Gasteiger partial charge in [-0.15, -0.1) is 0 Å². The minimum Gasteiger partial charge on any atom is -0.478 e. The van der Waals surface area contributed by atoms with Crippen molar-refractivity contribution in [2.45, 2.75) is 0 Å². The van der Waals surface area contributed by atoms with Gasteiger partial charge in [-0.2, -0.15) is 0 Å². The van der Waals surface area contributed by atoms with Crippen LogP contribution in [-0.2, 0) is 0 Å². The van der Waals surface area contributed by atoms with Crippen molar-refractivity contribution in [3.05, 3.63) is 70.8 Å². The first-order valence-corrected chi connectivity index (χ1v) is 9.35. The molecule has 5 rings (SSSR count). The summed E-state index contributed by atoms with van der Waals surface area (Å²) in [6.07, 6.45) is 0. The Balaban J connectivity index is 2.24. The van der Waals surface area contributed by atoms with E-state index in [2.05, 4.69) is 0 Å². The molecule has 0 aliphatic carbocycles. The lowest BCUT2D eigenvalue weighted by atomic mass is 9.83. The molecule has 0 saturated carbocycles. The van der Waals surface area contributed by atoms with Crippen LogP contribution in [0.4, 0.5) is 0 Å². The van der Waals surface area contributed by atoms with Gasteiger partial charge in [-0.1, -0.05) is 30.3 Å². The number of carboxylic acids is 4. The molecule has 8 heteroatoms. The fraction of sp³-hybridized carbons (Fsp3) is 0. The average molecular weight is 428 g/mol. The molecular formula is C24H12O8. The van der Waals surface area contributed by atoms with E-state index in [4.69, 9.17) is 0 Å². The lowest BCUT2D eigenvalue weighted by Gasteiger charge is -2.19. The monoisotopic (exact) mass is 428 g/mol. The maximum absolute atomic E-state index is 12.2. The number of carbonyl (C=O) groups is 4. The third-order valence-electron chi connectivity index (χ3n) is 5.79. The molecule has 8 nitrogen and oxygen atoms in total. The van der Waals surface area contributed by atoms with Crippen molar-refractivity contribution in [1.82, 2.24) is 0 Å². The summed E-state index contributed by atoms with van der Waals surface area (Å²) in [5.41, 5.74) is -1.34. The van der Waals surface area contributed by atoms with Gasteiger partial charge in [0.05, 0.1) is 22.3 Å². The highest BCUT2D eigenvalue weighted by molar-refractivity contribution is 6.38. The fourth-order valence-electron chi connectivity index (χ4n) is 4.63. The van der Waals surface area contributed by atoms with Crippen molar-refractivity contribution in [3.63, 3.8) is 0 Å². The molecule has 0 aliphatic heterocycles. The molecule has 156 valence electrons. The third kappa shape index (κ3) is 2.37. The Hall–Kier alpha value is -4.72. The highest BCUT2D eigenvalue weighted by Crippen LogP contribution is 2.44. The highest BCUT2D eigenvalue weighted by Gasteiger charge is 2.27. The van der Waals surface area contributed by atoms with E-state index in [1.54, 1.807) is 24.3 Å². The maximum Gasteiger partial charge on any atom is 0.337 e. The molecule has 0 heterocycles. The van der Waals surface area contributed by atoms with E-state index >= 15 is 0 Å². The number of hydrogen-bond acceptors (Lipinski definition) is 4. The predicted octanol–water partition coefficient (Wildman–Crippen LogP) is 4.53. The first-order valence-electron chi connectivity index (χ1n) is 9.35. The van der Waals surface area contributed by atoms with Crippen LogP contribution in [-0.4, -0.2) is 44.3 Å². The quantitative estimate of drug-likeness (QED) is 0.241. The van der Waals surface area contributed by atoms with Crippen LogP contribution < -0.4 is 0 Å². The Morgan fingerprint density at radius 1 is 0.500 bits per heavy atom. The Bertz CT molecular complexity index is 1660. The minimum atomic E-state index is -1.46. The number of benzene rings is 5. The molecule has 0 spiro atoms. The van der Waals surface area contributed by atoms with Crippen LogP contribution >= 0.6 is 0 Å². The summed E-state index contributed by atoms with van der Waals surface area (Å²) in [7, 11) is 0. The van der Waals surface area contributed by atoms with E-state index in [1.165, 1.54) is 24.3 Å². The van der Waals surface area contributed by atoms with Crippen LogP contribution in [0.25, 0.3) is 43.1 Å². The van der Waals surface area contributed by atoms with Gasteiger partial charge in [-0.05, 0) is 50.5 Å². The maximum atomic E-state index is 12.2. The summed E-state index contributed by atoms with van der Waals surface area (Å²) in [4.78, 5) is 47.9. The van der Waals surface area contributed by atoms with Gasteiger partial charge in [-0.25, -0.2) is 19.2 Å². The second-order valence-electron chi connectivity index (χ2n) is 7.37. The Morgan fingerprint density at radius 2 is 1.06 bits per heavy atom. The van der Waals surface area contributed by atoms with Crippen LogP contribution in [0.15, 0.2) is 48.5 Å². The first kappa shape index (κ1) is 19.3. The van der Waals surface area contributed by atoms with E-state index in [0.29, 0.717) is 21.5 Å². The lowest BCUT2D eigenvalue weighted by molar-refractivity contribution is 0.0653. The van der Waals surface area contributed by atoms with E-state index < -0.39 is 35.0 Å². The van der Waals surface area contributed by atoms with Gasteiger partial charge in [0.25, 0.3) is 0 Å². The molecule has 0 aliphatic rings. The molecule has 32 heavy (non-hydrogen) atoms. The summed E-state index contributed by atoms with van der Waals surface area (Å²) < 4.78 is 0. The zero-order chi connectivity index (χ0) is 22.9. The van der Waals surface area contributed by atoms with E-state index in [-0.39, 0.29) is 32.7 Å². The van der Waals surface area contributed by atoms with Crippen molar-refractivity contribution in [1.29, 1.82) is 0 Å². The van der Waals surface area contributed by atoms with Gasteiger partial charge < -0.3 is 20.4 Å². The lowest BCUT2D eigenvalue weighted by Crippen LogP contribution is -2.10. The third-order valence-corrected chi connectivity index (χ3v) is 5.79. The predicted molar refractivity (Wildman–Crippen MR) is 115 cm³/mol. The number of aromatic carboxylic acids is 4. The fourth-order valence-corrected chi connectivity index (χ4v) is 4.63. The van der Waals surface area contributed by atoms with Crippen molar-refractivity contribution in [2.24, 2.45) is 0 Å². The van der Waals surface area contributed by atoms with Crippen LogP contribution in [0.1, 0.15) is 41.4 Å². The second-order valence-corrected chi connectivity index (χ2v) is 7.37. The molecule has 0 saturated heterocycles. The zero-order valence-electron chi connectivity index (χ0n) is 16.0. The van der Waals surface area contributed by atoms with Crippen LogP contribution in [0, 0.1) is 0 Å². The molecule has 0 unspecified atom stereocenters. The SMILES string of the molecule is O=C(O)c1cc2cccc3c4ccc(C(=O)O)c5c(C(=O)O)ccc(c(c1C(=O)O)c23)c54. The van der Waals surface area contributed by atoms with Crippen LogP contribution in [0.5, 0.6) is 0 Å². The molecule has 0 aromatic heterocycles. The van der Waals surface area contributed by atoms with Gasteiger partial charge in [0.15, 0.2) is 0 Å². The average Bonchev–Trinajstić information content (AvgIpc) is 2.75. The molecule has 0 bridgehead atoms. The van der Waals surface area contributed by atoms with Crippen molar-refractivity contribution < 1.29 is 39.6 Å². The van der Waals surface area contributed by atoms with Gasteiger partial charge >= 0.3 is 23.9 Å². The summed E-state index contributed by atoms with van der Waals surface area (Å²) >= 11 is 0. The van der Waals surface area contributed by atoms with Crippen molar-refractivity contribution >= 4 is 67.0 Å². The van der Waals surface area contributed by atoms with E-state index in [1.807, 2.05) is 0 Å². The van der Waals surface area contributed by atoms with Gasteiger partial charge in [0.2, 0.25) is 0 Å². The highest BCUT2D eigenvalue weighted by atomic mass is 16.4. The van der Waals surface area contributed by atoms with Crippen LogP contribution in [0.3, 0.4) is 0 Å². The standard InChI is InChI=1S/C24H12O8/c25-21(26)13-6-4-11-10-3-1-2-9-8-15(23(29)30)20(24(31)32)19(16(9)10)12-5-7-14(22(27)28)18(13)17(11)12/h1-8H,(H,25,26)(H,27,28)(H,29,30)(H,31,32). The van der Waals surface area contributed by atoms with Crippen LogP contribution in [0.2, 0.25) is 0 Å². The van der Waals surface area contributed by atoms with E-state index in [9.17, 15) is 39.6 Å². The van der Waals surface area contributed by atoms with Gasteiger partial charge in [0, 0.05) is 10.8 Å². The Labute approximate surface area is 177 Å². The molecule has 0 radical (unpaired) electrons. The Morgan fingerprint density at radius 3 is 1.62 bits per heavy atom. The zero-order valence-corrected chi connectivity index (χ0v) is 16.0. The molecule has 0 atom stereocenters. The summed E-state index contributed by atoms with van der Waals surface area (Å²) in [6.45, 7) is 0. The first-order chi connectivity index (χ1) is 15.2. The molecule has 5 aromatic carbocycles. The Kier molecular flexibility index (Phi) is 3.84. The summed E-state index contributed by atoms with van der Waals surface area (Å²) in [5.74, 6) is -5.55. The molecule has 5 aromatic rings. The van der Waals surface area contributed by atoms with E-state index in [0.717, 1.165) is 0 Å². The molecule has 4 N–H and O–H groups in total. The molecule has 0 amide bonds. The number of fused-ring (bicyclic) bond motifs is 2. The van der Waals surface area contributed by atoms with Crippen molar-refractivity contribution in [3.8, 4) is 0 Å². The summed E-state index contributed by atoms with van der Waals surface area (Å²) in [5, 5.41) is 41.8. The largest absolute Gasteiger partial charge is 0.478 e. The number of rotatable bonds is 4. The van der Waals surface area contributed by atoms with Gasteiger partial charge in [0.1, 0.15) is 0 Å². The minimum absolute atomic E-state index is 0.0419. The second kappa shape index (κ2) is 6.39. The smallest absolute Gasteiger partial charge is 0.337 e. The number of hydrogen-bond donors (Lipinski definition) is 4. The van der Waals surface area contributed by atoms with Crippen molar-refractivity contribution in [2.75, 3.05) is 0 Å². The van der Waals surface area contributed by atoms with Gasteiger partial charge in [-0.3, -0.25) is 0 Å².